The molecular formula is C14H16O3. The zero-order chi connectivity index (χ0) is 12.5. The number of esters is 1. The van der Waals surface area contributed by atoms with Crippen LogP contribution in [0.25, 0.3) is 5.76 Å². The second kappa shape index (κ2) is 4.24. The van der Waals surface area contributed by atoms with E-state index in [4.69, 9.17) is 9.47 Å². The number of carbonyl (C=O) groups excluding carboxylic acids is 1. The molecule has 3 heteroatoms. The van der Waals surface area contributed by atoms with Crippen molar-refractivity contribution in [3.05, 3.63) is 42.0 Å². The van der Waals surface area contributed by atoms with Crippen LogP contribution >= 0.6 is 0 Å². The van der Waals surface area contributed by atoms with Crippen LogP contribution in [-0.2, 0) is 14.3 Å². The highest BCUT2D eigenvalue weighted by molar-refractivity contribution is 5.84. The van der Waals surface area contributed by atoms with Gasteiger partial charge >= 0.3 is 5.97 Å². The first-order valence-corrected chi connectivity index (χ1v) is 5.58. The topological polar surface area (TPSA) is 35.5 Å². The smallest absolute Gasteiger partial charge is 0.317 e. The van der Waals surface area contributed by atoms with Gasteiger partial charge in [-0.05, 0) is 19.9 Å². The Morgan fingerprint density at radius 1 is 1.35 bits per heavy atom. The minimum atomic E-state index is -0.435. The highest BCUT2D eigenvalue weighted by atomic mass is 16.6. The van der Waals surface area contributed by atoms with E-state index in [1.54, 1.807) is 7.11 Å². The van der Waals surface area contributed by atoms with Crippen molar-refractivity contribution in [2.45, 2.75) is 19.4 Å². The fourth-order valence-corrected chi connectivity index (χ4v) is 1.92. The lowest BCUT2D eigenvalue weighted by Gasteiger charge is -2.41. The Bertz CT molecular complexity index is 446. The van der Waals surface area contributed by atoms with Crippen molar-refractivity contribution >= 4 is 11.7 Å². The summed E-state index contributed by atoms with van der Waals surface area (Å²) in [5.74, 6) is 0.276. The fourth-order valence-electron chi connectivity index (χ4n) is 1.92. The molecule has 1 saturated heterocycles. The number of carbonyl (C=O) groups is 1. The van der Waals surface area contributed by atoms with Crippen LogP contribution in [0.5, 0.6) is 0 Å². The molecule has 1 heterocycles. The molecule has 0 spiro atoms. The molecule has 1 unspecified atom stereocenters. The standard InChI is InChI=1S/C14H16O3/c1-14(2)11(13(15)17-14)9-12(16-3)10-7-5-4-6-8-10/h4-9,11H,1-3H3/b12-9+. The molecule has 1 atom stereocenters. The minimum absolute atomic E-state index is 0.194. The molecule has 1 aliphatic heterocycles. The van der Waals surface area contributed by atoms with E-state index in [1.165, 1.54) is 0 Å². The number of ether oxygens (including phenoxy) is 2. The maximum Gasteiger partial charge on any atom is 0.317 e. The van der Waals surface area contributed by atoms with Crippen molar-refractivity contribution in [1.29, 1.82) is 0 Å². The van der Waals surface area contributed by atoms with Crippen molar-refractivity contribution in [3.8, 4) is 0 Å². The summed E-state index contributed by atoms with van der Waals surface area (Å²) in [4.78, 5) is 11.4. The van der Waals surface area contributed by atoms with Crippen LogP contribution in [0.1, 0.15) is 19.4 Å². The molecule has 0 N–H and O–H groups in total. The van der Waals surface area contributed by atoms with Gasteiger partial charge in [-0.25, -0.2) is 0 Å². The SMILES string of the molecule is CO/C(=C/C1C(=O)OC1(C)C)c1ccccc1. The predicted octanol–water partition coefficient (Wildman–Crippen LogP) is 2.63. The molecule has 90 valence electrons. The van der Waals surface area contributed by atoms with E-state index in [1.807, 2.05) is 50.3 Å². The van der Waals surface area contributed by atoms with Gasteiger partial charge in [0.2, 0.25) is 0 Å². The van der Waals surface area contributed by atoms with E-state index in [0.29, 0.717) is 5.76 Å². The second-order valence-corrected chi connectivity index (χ2v) is 4.60. The lowest BCUT2D eigenvalue weighted by Crippen LogP contribution is -2.52. The highest BCUT2D eigenvalue weighted by Crippen LogP contribution is 2.36. The number of hydrogen-bond acceptors (Lipinski definition) is 3. The third kappa shape index (κ3) is 2.18. The van der Waals surface area contributed by atoms with Crippen molar-refractivity contribution in [1.82, 2.24) is 0 Å². The van der Waals surface area contributed by atoms with Gasteiger partial charge in [0.1, 0.15) is 17.3 Å². The third-order valence-corrected chi connectivity index (χ3v) is 2.96. The molecule has 1 aliphatic rings. The van der Waals surface area contributed by atoms with Crippen molar-refractivity contribution in [3.63, 3.8) is 0 Å². The Morgan fingerprint density at radius 3 is 2.47 bits per heavy atom. The fraction of sp³-hybridized carbons (Fsp3) is 0.357. The van der Waals surface area contributed by atoms with E-state index < -0.39 is 5.60 Å². The van der Waals surface area contributed by atoms with Crippen LogP contribution in [0.15, 0.2) is 36.4 Å². The number of rotatable bonds is 3. The first kappa shape index (κ1) is 11.7. The van der Waals surface area contributed by atoms with Crippen LogP contribution in [0.4, 0.5) is 0 Å². The summed E-state index contributed by atoms with van der Waals surface area (Å²) in [7, 11) is 1.61. The zero-order valence-corrected chi connectivity index (χ0v) is 10.3. The lowest BCUT2D eigenvalue weighted by molar-refractivity contribution is -0.197. The lowest BCUT2D eigenvalue weighted by atomic mass is 9.84. The van der Waals surface area contributed by atoms with Gasteiger partial charge in [-0.2, -0.15) is 0 Å². The van der Waals surface area contributed by atoms with Gasteiger partial charge in [0, 0.05) is 5.56 Å². The monoisotopic (exact) mass is 232 g/mol. The molecule has 3 nitrogen and oxygen atoms in total. The molecule has 1 aromatic carbocycles. The van der Waals surface area contributed by atoms with Crippen molar-refractivity contribution in [2.24, 2.45) is 5.92 Å². The molecule has 0 amide bonds. The van der Waals surface area contributed by atoms with Gasteiger partial charge in [0.15, 0.2) is 0 Å². The van der Waals surface area contributed by atoms with Crippen LogP contribution in [-0.4, -0.2) is 18.7 Å². The molecule has 1 aromatic rings. The average molecular weight is 232 g/mol. The van der Waals surface area contributed by atoms with Gasteiger partial charge in [-0.15, -0.1) is 0 Å². The van der Waals surface area contributed by atoms with Crippen LogP contribution < -0.4 is 0 Å². The summed E-state index contributed by atoms with van der Waals surface area (Å²) in [5, 5.41) is 0. The van der Waals surface area contributed by atoms with E-state index in [0.717, 1.165) is 5.56 Å². The summed E-state index contributed by atoms with van der Waals surface area (Å²) in [6, 6.07) is 9.72. The summed E-state index contributed by atoms with van der Waals surface area (Å²) in [6.45, 7) is 3.79. The largest absolute Gasteiger partial charge is 0.496 e. The summed E-state index contributed by atoms with van der Waals surface area (Å²) >= 11 is 0. The normalized spacial score (nSPS) is 22.6. The van der Waals surface area contributed by atoms with E-state index in [2.05, 4.69) is 0 Å². The zero-order valence-electron chi connectivity index (χ0n) is 10.3. The number of benzene rings is 1. The second-order valence-electron chi connectivity index (χ2n) is 4.60. The molecule has 1 fully saturated rings. The molecule has 0 aliphatic carbocycles. The minimum Gasteiger partial charge on any atom is -0.496 e. The van der Waals surface area contributed by atoms with Gasteiger partial charge in [0.05, 0.1) is 7.11 Å². The van der Waals surface area contributed by atoms with Gasteiger partial charge in [-0.3, -0.25) is 4.79 Å². The van der Waals surface area contributed by atoms with E-state index >= 15 is 0 Å². The van der Waals surface area contributed by atoms with E-state index in [-0.39, 0.29) is 11.9 Å². The molecule has 2 rings (SSSR count). The molecule has 17 heavy (non-hydrogen) atoms. The molecule has 0 radical (unpaired) electrons. The number of cyclic esters (lactones) is 1. The Balaban J connectivity index is 2.28. The van der Waals surface area contributed by atoms with Gasteiger partial charge in [-0.1, -0.05) is 30.3 Å². The molecule has 0 aromatic heterocycles. The Kier molecular flexibility index (Phi) is 2.92. The Labute approximate surface area is 101 Å². The first-order valence-electron chi connectivity index (χ1n) is 5.58. The summed E-state index contributed by atoms with van der Waals surface area (Å²) < 4.78 is 10.4. The van der Waals surface area contributed by atoms with Crippen molar-refractivity contribution < 1.29 is 14.3 Å². The molecular weight excluding hydrogens is 216 g/mol. The summed E-state index contributed by atoms with van der Waals surface area (Å²) in [5.41, 5.74) is 0.529. The van der Waals surface area contributed by atoms with Crippen molar-refractivity contribution in [2.75, 3.05) is 7.11 Å². The van der Waals surface area contributed by atoms with Gasteiger partial charge < -0.3 is 9.47 Å². The van der Waals surface area contributed by atoms with Crippen LogP contribution in [0, 0.1) is 5.92 Å². The number of methoxy groups -OCH3 is 1. The summed E-state index contributed by atoms with van der Waals surface area (Å²) in [6.07, 6.45) is 1.83. The molecule has 0 bridgehead atoms. The quantitative estimate of drug-likeness (QED) is 0.593. The Hall–Kier alpha value is -1.77. The Morgan fingerprint density at radius 2 is 2.00 bits per heavy atom. The maximum absolute atomic E-state index is 11.4. The highest BCUT2D eigenvalue weighted by Gasteiger charge is 2.48. The maximum atomic E-state index is 11.4. The molecule has 0 saturated carbocycles. The predicted molar refractivity (Wildman–Crippen MR) is 65.1 cm³/mol. The first-order chi connectivity index (χ1) is 8.04. The third-order valence-electron chi connectivity index (χ3n) is 2.96. The van der Waals surface area contributed by atoms with Gasteiger partial charge in [0.25, 0.3) is 0 Å². The number of hydrogen-bond donors (Lipinski definition) is 0. The van der Waals surface area contributed by atoms with E-state index in [9.17, 15) is 4.79 Å². The van der Waals surface area contributed by atoms with Crippen LogP contribution in [0.3, 0.4) is 0 Å². The van der Waals surface area contributed by atoms with Crippen LogP contribution in [0.2, 0.25) is 0 Å². The average Bonchev–Trinajstić information content (AvgIpc) is 2.30.